The van der Waals surface area contributed by atoms with E-state index in [1.165, 1.54) is 16.6 Å². The van der Waals surface area contributed by atoms with Crippen LogP contribution in [-0.4, -0.2) is 9.55 Å². The van der Waals surface area contributed by atoms with Crippen LogP contribution in [0.3, 0.4) is 0 Å². The van der Waals surface area contributed by atoms with Gasteiger partial charge in [0.05, 0.1) is 16.9 Å². The first-order valence-electron chi connectivity index (χ1n) is 5.69. The number of alkyl halides is 1. The van der Waals surface area contributed by atoms with Gasteiger partial charge in [0, 0.05) is 6.54 Å². The topological polar surface area (TPSA) is 17.8 Å². The van der Waals surface area contributed by atoms with Gasteiger partial charge in [0.25, 0.3) is 0 Å². The summed E-state index contributed by atoms with van der Waals surface area (Å²) in [6.45, 7) is 7.42. The van der Waals surface area contributed by atoms with Crippen molar-refractivity contribution in [3.05, 3.63) is 29.1 Å². The number of benzene rings is 1. The Morgan fingerprint density at radius 3 is 2.56 bits per heavy atom. The SMILES string of the molecule is CCCn1c(CCl)nc2cc(C)c(C)cc21. The predicted octanol–water partition coefficient (Wildman–Crippen LogP) is 3.80. The highest BCUT2D eigenvalue weighted by Gasteiger charge is 2.10. The lowest BCUT2D eigenvalue weighted by molar-refractivity contribution is 0.672. The van der Waals surface area contributed by atoms with Crippen LogP contribution >= 0.6 is 11.6 Å². The first-order chi connectivity index (χ1) is 7.67. The highest BCUT2D eigenvalue weighted by molar-refractivity contribution is 6.16. The van der Waals surface area contributed by atoms with Crippen LogP contribution in [0.15, 0.2) is 12.1 Å². The summed E-state index contributed by atoms with van der Waals surface area (Å²) in [5.41, 5.74) is 4.87. The molecule has 0 atom stereocenters. The number of imidazole rings is 1. The summed E-state index contributed by atoms with van der Waals surface area (Å²) in [6.07, 6.45) is 1.10. The van der Waals surface area contributed by atoms with Crippen molar-refractivity contribution in [2.24, 2.45) is 0 Å². The van der Waals surface area contributed by atoms with E-state index in [-0.39, 0.29) is 0 Å². The average Bonchev–Trinajstić information content (AvgIpc) is 2.58. The van der Waals surface area contributed by atoms with Gasteiger partial charge in [-0.25, -0.2) is 4.98 Å². The third-order valence-electron chi connectivity index (χ3n) is 3.01. The lowest BCUT2D eigenvalue weighted by Crippen LogP contribution is -2.01. The molecule has 0 fully saturated rings. The Balaban J connectivity index is 2.69. The summed E-state index contributed by atoms with van der Waals surface area (Å²) in [6, 6.07) is 4.36. The molecule has 1 heterocycles. The van der Waals surface area contributed by atoms with E-state index in [2.05, 4.69) is 42.5 Å². The molecule has 0 spiro atoms. The Bertz CT molecular complexity index is 514. The molecule has 0 radical (unpaired) electrons. The minimum absolute atomic E-state index is 0.479. The van der Waals surface area contributed by atoms with E-state index in [1.807, 2.05) is 0 Å². The second-order valence-corrected chi connectivity index (χ2v) is 4.51. The summed E-state index contributed by atoms with van der Waals surface area (Å²) in [5.74, 6) is 1.45. The second-order valence-electron chi connectivity index (χ2n) is 4.24. The van der Waals surface area contributed by atoms with E-state index in [0.717, 1.165) is 24.3 Å². The highest BCUT2D eigenvalue weighted by Crippen LogP contribution is 2.22. The molecule has 3 heteroatoms. The summed E-state index contributed by atoms with van der Waals surface area (Å²) in [5, 5.41) is 0. The molecular weight excluding hydrogens is 220 g/mol. The molecular formula is C13H17ClN2. The molecule has 0 aliphatic rings. The van der Waals surface area contributed by atoms with Crippen molar-refractivity contribution in [2.75, 3.05) is 0 Å². The quantitative estimate of drug-likeness (QED) is 0.742. The fraction of sp³-hybridized carbons (Fsp3) is 0.462. The first kappa shape index (κ1) is 11.5. The Morgan fingerprint density at radius 2 is 1.94 bits per heavy atom. The number of hydrogen-bond acceptors (Lipinski definition) is 1. The number of nitrogens with zero attached hydrogens (tertiary/aromatic N) is 2. The molecule has 0 saturated carbocycles. The van der Waals surface area contributed by atoms with Crippen LogP contribution < -0.4 is 0 Å². The zero-order valence-electron chi connectivity index (χ0n) is 10.0. The zero-order chi connectivity index (χ0) is 11.7. The van der Waals surface area contributed by atoms with Crippen molar-refractivity contribution in [3.63, 3.8) is 0 Å². The third-order valence-corrected chi connectivity index (χ3v) is 3.25. The van der Waals surface area contributed by atoms with Gasteiger partial charge in [0.15, 0.2) is 0 Å². The molecule has 2 rings (SSSR count). The van der Waals surface area contributed by atoms with Gasteiger partial charge in [-0.1, -0.05) is 6.92 Å². The molecule has 0 aliphatic heterocycles. The maximum Gasteiger partial charge on any atom is 0.124 e. The average molecular weight is 237 g/mol. The van der Waals surface area contributed by atoms with Crippen LogP contribution in [0.4, 0.5) is 0 Å². The van der Waals surface area contributed by atoms with Crippen molar-refractivity contribution in [1.29, 1.82) is 0 Å². The lowest BCUT2D eigenvalue weighted by atomic mass is 10.1. The van der Waals surface area contributed by atoms with Crippen molar-refractivity contribution in [3.8, 4) is 0 Å². The maximum absolute atomic E-state index is 5.94. The first-order valence-corrected chi connectivity index (χ1v) is 6.23. The van der Waals surface area contributed by atoms with Gasteiger partial charge < -0.3 is 4.57 Å². The standard InChI is InChI=1S/C13H17ClN2/c1-4-5-16-12-7-10(3)9(2)6-11(12)15-13(16)8-14/h6-7H,4-5,8H2,1-3H3. The fourth-order valence-corrected chi connectivity index (χ4v) is 2.21. The number of aromatic nitrogens is 2. The number of halogens is 1. The number of rotatable bonds is 3. The summed E-state index contributed by atoms with van der Waals surface area (Å²) < 4.78 is 2.23. The van der Waals surface area contributed by atoms with Gasteiger partial charge in [0.2, 0.25) is 0 Å². The molecule has 2 aromatic rings. The van der Waals surface area contributed by atoms with Gasteiger partial charge in [-0.05, 0) is 43.5 Å². The zero-order valence-corrected chi connectivity index (χ0v) is 10.8. The van der Waals surface area contributed by atoms with E-state index in [9.17, 15) is 0 Å². The van der Waals surface area contributed by atoms with Crippen LogP contribution in [0.2, 0.25) is 0 Å². The van der Waals surface area contributed by atoms with Gasteiger partial charge >= 0.3 is 0 Å². The fourth-order valence-electron chi connectivity index (χ4n) is 2.01. The molecule has 0 aliphatic carbocycles. The summed E-state index contributed by atoms with van der Waals surface area (Å²) in [7, 11) is 0. The second kappa shape index (κ2) is 4.46. The molecule has 86 valence electrons. The molecule has 0 bridgehead atoms. The molecule has 1 aromatic heterocycles. The summed E-state index contributed by atoms with van der Waals surface area (Å²) >= 11 is 5.94. The van der Waals surface area contributed by atoms with Crippen molar-refractivity contribution >= 4 is 22.6 Å². The molecule has 16 heavy (non-hydrogen) atoms. The highest BCUT2D eigenvalue weighted by atomic mass is 35.5. The van der Waals surface area contributed by atoms with Crippen LogP contribution in [-0.2, 0) is 12.4 Å². The van der Waals surface area contributed by atoms with Crippen LogP contribution in [0.5, 0.6) is 0 Å². The van der Waals surface area contributed by atoms with Crippen molar-refractivity contribution in [1.82, 2.24) is 9.55 Å². The summed E-state index contributed by atoms with van der Waals surface area (Å²) in [4.78, 5) is 4.58. The van der Waals surface area contributed by atoms with Gasteiger partial charge in [-0.2, -0.15) is 0 Å². The van der Waals surface area contributed by atoms with E-state index in [1.54, 1.807) is 0 Å². The van der Waals surface area contributed by atoms with Crippen LogP contribution in [0, 0.1) is 13.8 Å². The number of fused-ring (bicyclic) bond motifs is 1. The molecule has 2 nitrogen and oxygen atoms in total. The lowest BCUT2D eigenvalue weighted by Gasteiger charge is -2.06. The number of hydrogen-bond donors (Lipinski definition) is 0. The van der Waals surface area contributed by atoms with E-state index in [0.29, 0.717) is 5.88 Å². The van der Waals surface area contributed by atoms with Crippen LogP contribution in [0.1, 0.15) is 30.3 Å². The largest absolute Gasteiger partial charge is 0.327 e. The van der Waals surface area contributed by atoms with E-state index >= 15 is 0 Å². The Hall–Kier alpha value is -1.02. The van der Waals surface area contributed by atoms with Crippen molar-refractivity contribution < 1.29 is 0 Å². The van der Waals surface area contributed by atoms with E-state index < -0.39 is 0 Å². The monoisotopic (exact) mass is 236 g/mol. The molecule has 0 N–H and O–H groups in total. The molecule has 1 aromatic carbocycles. The molecule has 0 saturated heterocycles. The minimum atomic E-state index is 0.479. The normalized spacial score (nSPS) is 11.2. The number of aryl methyl sites for hydroxylation is 3. The minimum Gasteiger partial charge on any atom is -0.327 e. The Morgan fingerprint density at radius 1 is 1.25 bits per heavy atom. The molecule has 0 unspecified atom stereocenters. The van der Waals surface area contributed by atoms with Crippen LogP contribution in [0.25, 0.3) is 11.0 Å². The van der Waals surface area contributed by atoms with Gasteiger partial charge in [-0.15, -0.1) is 11.6 Å². The Kier molecular flexibility index (Phi) is 3.20. The van der Waals surface area contributed by atoms with Crippen molar-refractivity contribution in [2.45, 2.75) is 39.6 Å². The van der Waals surface area contributed by atoms with Gasteiger partial charge in [0.1, 0.15) is 5.82 Å². The smallest absolute Gasteiger partial charge is 0.124 e. The Labute approximate surface area is 101 Å². The van der Waals surface area contributed by atoms with E-state index in [4.69, 9.17) is 11.6 Å². The third kappa shape index (κ3) is 1.82. The molecule has 0 amide bonds. The maximum atomic E-state index is 5.94. The van der Waals surface area contributed by atoms with Gasteiger partial charge in [-0.3, -0.25) is 0 Å². The predicted molar refractivity (Wildman–Crippen MR) is 69.1 cm³/mol.